The van der Waals surface area contributed by atoms with E-state index in [4.69, 9.17) is 0 Å². The summed E-state index contributed by atoms with van der Waals surface area (Å²) in [5.41, 5.74) is 0.884. The molecule has 0 unspecified atom stereocenters. The number of carbonyl (C=O) groups is 1. The summed E-state index contributed by atoms with van der Waals surface area (Å²) in [6, 6.07) is 9.80. The number of halogens is 1. The number of carbonyl (C=O) groups excluding carboxylic acids is 1. The fourth-order valence-corrected chi connectivity index (χ4v) is 3.42. The minimum atomic E-state index is -0.277. The molecule has 0 aliphatic rings. The molecule has 1 amide bonds. The molecule has 22 heavy (non-hydrogen) atoms. The Balaban J connectivity index is 1.75. The van der Waals surface area contributed by atoms with Crippen molar-refractivity contribution in [1.82, 2.24) is 10.2 Å². The maximum absolute atomic E-state index is 12.9. The van der Waals surface area contributed by atoms with Crippen molar-refractivity contribution in [2.24, 2.45) is 0 Å². The van der Waals surface area contributed by atoms with Gasteiger partial charge in [0.25, 0.3) is 5.91 Å². The number of hydrogen-bond acceptors (Lipinski definition) is 5. The molecule has 0 aliphatic heterocycles. The number of rotatable bonds is 4. The molecule has 7 heteroatoms. The first-order valence-corrected chi connectivity index (χ1v) is 8.28. The lowest BCUT2D eigenvalue weighted by Crippen LogP contribution is -2.09. The maximum Gasteiger partial charge on any atom is 0.267 e. The summed E-state index contributed by atoms with van der Waals surface area (Å²) in [5.74, 6) is -0.488. The molecular weight excluding hydrogens is 321 g/mol. The number of aromatic nitrogens is 2. The lowest BCUT2D eigenvalue weighted by Gasteiger charge is -1.98. The Kier molecular flexibility index (Phi) is 4.26. The highest BCUT2D eigenvalue weighted by Crippen LogP contribution is 2.29. The highest BCUT2D eigenvalue weighted by molar-refractivity contribution is 7.18. The third-order valence-corrected chi connectivity index (χ3v) is 5.06. The summed E-state index contributed by atoms with van der Waals surface area (Å²) in [7, 11) is 0. The molecule has 112 valence electrons. The van der Waals surface area contributed by atoms with Crippen LogP contribution in [0.1, 0.15) is 21.6 Å². The van der Waals surface area contributed by atoms with Gasteiger partial charge in [-0.25, -0.2) is 4.39 Å². The number of thiophene rings is 1. The molecular formula is C15H12FN3OS2. The van der Waals surface area contributed by atoms with Crippen LogP contribution in [-0.4, -0.2) is 16.1 Å². The van der Waals surface area contributed by atoms with Crippen LogP contribution in [0.15, 0.2) is 36.4 Å². The van der Waals surface area contributed by atoms with Gasteiger partial charge in [0.15, 0.2) is 0 Å². The molecule has 1 N–H and O–H groups in total. The lowest BCUT2D eigenvalue weighted by atomic mass is 10.2. The van der Waals surface area contributed by atoms with E-state index in [9.17, 15) is 9.18 Å². The Morgan fingerprint density at radius 2 is 1.91 bits per heavy atom. The highest BCUT2D eigenvalue weighted by atomic mass is 32.1. The molecule has 3 rings (SSSR count). The standard InChI is InChI=1S/C15H12FN3OS2/c1-2-13-18-19-15(22-13)17-14(20)12-8-7-11(21-12)9-3-5-10(16)6-4-9/h3-8H,2H2,1H3,(H,17,19,20). The quantitative estimate of drug-likeness (QED) is 0.778. The van der Waals surface area contributed by atoms with Gasteiger partial charge in [0.1, 0.15) is 10.8 Å². The first-order valence-electron chi connectivity index (χ1n) is 6.65. The summed E-state index contributed by atoms with van der Waals surface area (Å²) in [6.45, 7) is 1.99. The van der Waals surface area contributed by atoms with Gasteiger partial charge in [0, 0.05) is 4.88 Å². The number of nitrogens with one attached hydrogen (secondary N) is 1. The van der Waals surface area contributed by atoms with Crippen molar-refractivity contribution in [3.63, 3.8) is 0 Å². The molecule has 3 aromatic rings. The molecule has 0 spiro atoms. The molecule has 0 bridgehead atoms. The Hall–Kier alpha value is -2.12. The zero-order valence-corrected chi connectivity index (χ0v) is 13.3. The second-order valence-corrected chi connectivity index (χ2v) is 6.63. The fourth-order valence-electron chi connectivity index (χ4n) is 1.83. The third kappa shape index (κ3) is 3.20. The van der Waals surface area contributed by atoms with Gasteiger partial charge in [0.2, 0.25) is 5.13 Å². The van der Waals surface area contributed by atoms with E-state index in [-0.39, 0.29) is 11.7 Å². The van der Waals surface area contributed by atoms with Gasteiger partial charge in [0.05, 0.1) is 4.88 Å². The number of amides is 1. The van der Waals surface area contributed by atoms with Crippen LogP contribution in [0, 0.1) is 5.82 Å². The molecule has 0 radical (unpaired) electrons. The van der Waals surface area contributed by atoms with Gasteiger partial charge in [-0.1, -0.05) is 30.4 Å². The average Bonchev–Trinajstić information content (AvgIpc) is 3.17. The van der Waals surface area contributed by atoms with Crippen molar-refractivity contribution in [3.8, 4) is 10.4 Å². The van der Waals surface area contributed by atoms with E-state index in [0.29, 0.717) is 10.0 Å². The third-order valence-electron chi connectivity index (χ3n) is 2.95. The second-order valence-electron chi connectivity index (χ2n) is 4.48. The van der Waals surface area contributed by atoms with Gasteiger partial charge >= 0.3 is 0 Å². The SMILES string of the molecule is CCc1nnc(NC(=O)c2ccc(-c3ccc(F)cc3)s2)s1. The van der Waals surface area contributed by atoms with Gasteiger partial charge in [-0.3, -0.25) is 10.1 Å². The second kappa shape index (κ2) is 6.33. The molecule has 0 saturated carbocycles. The van der Waals surface area contributed by atoms with Crippen LogP contribution in [0.25, 0.3) is 10.4 Å². The monoisotopic (exact) mass is 333 g/mol. The zero-order chi connectivity index (χ0) is 15.5. The molecule has 1 aromatic carbocycles. The Morgan fingerprint density at radius 3 is 2.59 bits per heavy atom. The van der Waals surface area contributed by atoms with Crippen molar-refractivity contribution in [1.29, 1.82) is 0 Å². The van der Waals surface area contributed by atoms with E-state index >= 15 is 0 Å². The number of nitrogens with zero attached hydrogens (tertiary/aromatic N) is 2. The van der Waals surface area contributed by atoms with Crippen molar-refractivity contribution in [2.45, 2.75) is 13.3 Å². The van der Waals surface area contributed by atoms with Crippen LogP contribution in [-0.2, 0) is 6.42 Å². The van der Waals surface area contributed by atoms with Gasteiger partial charge in [-0.15, -0.1) is 21.5 Å². The Bertz CT molecular complexity index is 795. The molecule has 0 fully saturated rings. The van der Waals surface area contributed by atoms with E-state index in [1.54, 1.807) is 18.2 Å². The highest BCUT2D eigenvalue weighted by Gasteiger charge is 2.13. The zero-order valence-electron chi connectivity index (χ0n) is 11.7. The van der Waals surface area contributed by atoms with Crippen LogP contribution < -0.4 is 5.32 Å². The van der Waals surface area contributed by atoms with Crippen LogP contribution in [0.2, 0.25) is 0 Å². The van der Waals surface area contributed by atoms with E-state index in [0.717, 1.165) is 21.9 Å². The van der Waals surface area contributed by atoms with Crippen LogP contribution in [0.3, 0.4) is 0 Å². The molecule has 4 nitrogen and oxygen atoms in total. The van der Waals surface area contributed by atoms with Crippen LogP contribution in [0.5, 0.6) is 0 Å². The number of anilines is 1. The maximum atomic E-state index is 12.9. The smallest absolute Gasteiger partial charge is 0.267 e. The van der Waals surface area contributed by atoms with Crippen molar-refractivity contribution < 1.29 is 9.18 Å². The Labute approximate surface area is 134 Å². The van der Waals surface area contributed by atoms with Crippen molar-refractivity contribution in [2.75, 3.05) is 5.32 Å². The van der Waals surface area contributed by atoms with E-state index in [2.05, 4.69) is 15.5 Å². The summed E-state index contributed by atoms with van der Waals surface area (Å²) >= 11 is 2.72. The van der Waals surface area contributed by atoms with Crippen molar-refractivity contribution >= 4 is 33.7 Å². The normalized spacial score (nSPS) is 10.6. The molecule has 2 heterocycles. The predicted octanol–water partition coefficient (Wildman–Crippen LogP) is 4.22. The van der Waals surface area contributed by atoms with Crippen molar-refractivity contribution in [3.05, 3.63) is 52.1 Å². The van der Waals surface area contributed by atoms with Gasteiger partial charge in [-0.2, -0.15) is 0 Å². The first-order chi connectivity index (χ1) is 10.7. The summed E-state index contributed by atoms with van der Waals surface area (Å²) in [4.78, 5) is 13.7. The number of benzene rings is 1. The average molecular weight is 333 g/mol. The summed E-state index contributed by atoms with van der Waals surface area (Å²) in [5, 5.41) is 12.0. The topological polar surface area (TPSA) is 54.9 Å². The summed E-state index contributed by atoms with van der Waals surface area (Å²) < 4.78 is 12.9. The lowest BCUT2D eigenvalue weighted by molar-refractivity contribution is 0.103. The Morgan fingerprint density at radius 1 is 1.14 bits per heavy atom. The van der Waals surface area contributed by atoms with Gasteiger partial charge in [-0.05, 0) is 36.2 Å². The predicted molar refractivity (Wildman–Crippen MR) is 87.0 cm³/mol. The number of hydrogen-bond donors (Lipinski definition) is 1. The fraction of sp³-hybridized carbons (Fsp3) is 0.133. The van der Waals surface area contributed by atoms with Crippen LogP contribution >= 0.6 is 22.7 Å². The molecule has 0 atom stereocenters. The number of aryl methyl sites for hydroxylation is 1. The first kappa shape index (κ1) is 14.8. The van der Waals surface area contributed by atoms with Crippen LogP contribution in [0.4, 0.5) is 9.52 Å². The molecule has 2 aromatic heterocycles. The minimum Gasteiger partial charge on any atom is -0.296 e. The van der Waals surface area contributed by atoms with Gasteiger partial charge < -0.3 is 0 Å². The van der Waals surface area contributed by atoms with E-state index in [1.165, 1.54) is 34.8 Å². The van der Waals surface area contributed by atoms with E-state index < -0.39 is 0 Å². The van der Waals surface area contributed by atoms with E-state index in [1.807, 2.05) is 13.0 Å². The largest absolute Gasteiger partial charge is 0.296 e. The molecule has 0 saturated heterocycles. The minimum absolute atomic E-state index is 0.211. The summed E-state index contributed by atoms with van der Waals surface area (Å²) in [6.07, 6.45) is 0.793. The molecule has 0 aliphatic carbocycles.